The summed E-state index contributed by atoms with van der Waals surface area (Å²) >= 11 is 2.22. The van der Waals surface area contributed by atoms with Gasteiger partial charge in [0.25, 0.3) is 0 Å². The summed E-state index contributed by atoms with van der Waals surface area (Å²) in [7, 11) is -0.928. The second-order valence-electron chi connectivity index (χ2n) is 5.41. The Balaban J connectivity index is 3.41. The molecule has 1 atom stereocenters. The van der Waals surface area contributed by atoms with Crippen molar-refractivity contribution in [2.75, 3.05) is 6.54 Å². The van der Waals surface area contributed by atoms with Gasteiger partial charge in [-0.15, -0.1) is 0 Å². The number of unbranched alkanes of at least 4 members (excludes halogenated alkanes) is 2. The Morgan fingerprint density at radius 3 is 2.50 bits per heavy atom. The van der Waals surface area contributed by atoms with Crippen molar-refractivity contribution in [1.29, 1.82) is 0 Å². The number of aliphatic imine (C=N–C) groups is 1. The topological polar surface area (TPSA) is 12.4 Å². The van der Waals surface area contributed by atoms with E-state index in [4.69, 9.17) is 0 Å². The van der Waals surface area contributed by atoms with Crippen LogP contribution in [0, 0.1) is 0 Å². The fraction of sp³-hybridized carbons (Fsp3) is 0.923. The average molecular weight is 260 g/mol. The number of hydrogen-bond acceptors (Lipinski definition) is 2. The molecule has 0 saturated heterocycles. The summed E-state index contributed by atoms with van der Waals surface area (Å²) < 4.78 is 0. The van der Waals surface area contributed by atoms with E-state index >= 15 is 0 Å². The lowest BCUT2D eigenvalue weighted by Crippen LogP contribution is -2.18. The van der Waals surface area contributed by atoms with Gasteiger partial charge in [-0.05, 0) is 37.1 Å². The van der Waals surface area contributed by atoms with Crippen molar-refractivity contribution in [3.8, 4) is 0 Å². The van der Waals surface area contributed by atoms with Crippen molar-refractivity contribution >= 4 is 24.6 Å². The molecule has 0 amide bonds. The van der Waals surface area contributed by atoms with E-state index in [1.807, 2.05) is 0 Å². The maximum absolute atomic E-state index is 4.45. The van der Waals surface area contributed by atoms with Crippen LogP contribution in [0.15, 0.2) is 4.99 Å². The first-order valence-corrected chi connectivity index (χ1v) is 11.7. The SMILES string of the molecule is CCCCC=NCCCC(C)S[Si](C)(C)C. The van der Waals surface area contributed by atoms with Crippen LogP contribution in [-0.2, 0) is 0 Å². The number of rotatable bonds is 9. The van der Waals surface area contributed by atoms with Gasteiger partial charge in [0.05, 0.1) is 0 Å². The third-order valence-corrected chi connectivity index (χ3v) is 6.94. The summed E-state index contributed by atoms with van der Waals surface area (Å²) in [4.78, 5) is 4.45. The summed E-state index contributed by atoms with van der Waals surface area (Å²) in [6, 6.07) is 0. The first-order valence-electron chi connectivity index (χ1n) is 6.62. The molecule has 0 bridgehead atoms. The van der Waals surface area contributed by atoms with Crippen molar-refractivity contribution in [3.05, 3.63) is 0 Å². The van der Waals surface area contributed by atoms with E-state index in [9.17, 15) is 0 Å². The predicted octanol–water partition coefficient (Wildman–Crippen LogP) is 4.98. The molecule has 96 valence electrons. The normalized spacial score (nSPS) is 14.6. The molecule has 0 N–H and O–H groups in total. The molecule has 0 aromatic heterocycles. The van der Waals surface area contributed by atoms with Crippen molar-refractivity contribution in [2.45, 2.75) is 70.8 Å². The maximum Gasteiger partial charge on any atom is 0.108 e. The molecule has 0 fully saturated rings. The van der Waals surface area contributed by atoms with Crippen molar-refractivity contribution in [3.63, 3.8) is 0 Å². The molecule has 0 aliphatic rings. The van der Waals surface area contributed by atoms with Crippen LogP contribution in [0.2, 0.25) is 19.6 Å². The first-order chi connectivity index (χ1) is 7.45. The molecular formula is C13H29NSSi. The fourth-order valence-electron chi connectivity index (χ4n) is 1.61. The van der Waals surface area contributed by atoms with Crippen LogP contribution in [0.5, 0.6) is 0 Å². The van der Waals surface area contributed by atoms with E-state index in [-0.39, 0.29) is 0 Å². The molecule has 0 aliphatic carbocycles. The van der Waals surface area contributed by atoms with Gasteiger partial charge in [0, 0.05) is 6.54 Å². The van der Waals surface area contributed by atoms with Gasteiger partial charge in [-0.2, -0.15) is 11.2 Å². The van der Waals surface area contributed by atoms with E-state index in [0.29, 0.717) is 0 Å². The zero-order chi connectivity index (χ0) is 12.4. The van der Waals surface area contributed by atoms with Gasteiger partial charge in [-0.3, -0.25) is 4.99 Å². The molecule has 0 saturated carbocycles. The van der Waals surface area contributed by atoms with Crippen LogP contribution in [0.3, 0.4) is 0 Å². The molecule has 0 aliphatic heterocycles. The third kappa shape index (κ3) is 12.3. The van der Waals surface area contributed by atoms with E-state index in [2.05, 4.69) is 55.9 Å². The van der Waals surface area contributed by atoms with Crippen LogP contribution in [-0.4, -0.2) is 25.2 Å². The van der Waals surface area contributed by atoms with E-state index in [1.165, 1.54) is 25.7 Å². The van der Waals surface area contributed by atoms with Crippen molar-refractivity contribution in [1.82, 2.24) is 0 Å². The second kappa shape index (κ2) is 9.29. The van der Waals surface area contributed by atoms with Gasteiger partial charge in [0.15, 0.2) is 0 Å². The first kappa shape index (κ1) is 16.2. The highest BCUT2D eigenvalue weighted by Crippen LogP contribution is 2.26. The van der Waals surface area contributed by atoms with Gasteiger partial charge in [0.1, 0.15) is 7.22 Å². The van der Waals surface area contributed by atoms with Crippen LogP contribution in [0.4, 0.5) is 0 Å². The highest BCUT2D eigenvalue weighted by atomic mass is 32.4. The Morgan fingerprint density at radius 1 is 1.25 bits per heavy atom. The quantitative estimate of drug-likeness (QED) is 0.323. The minimum Gasteiger partial charge on any atom is -0.298 e. The minimum atomic E-state index is -0.928. The average Bonchev–Trinajstić information content (AvgIpc) is 2.13. The van der Waals surface area contributed by atoms with Crippen LogP contribution >= 0.6 is 11.2 Å². The number of nitrogens with zero attached hydrogens (tertiary/aromatic N) is 1. The van der Waals surface area contributed by atoms with Gasteiger partial charge in [-0.1, -0.05) is 39.9 Å². The molecule has 0 radical (unpaired) electrons. The Labute approximate surface area is 107 Å². The smallest absolute Gasteiger partial charge is 0.108 e. The standard InChI is InChI=1S/C13H29NSSi/c1-6-7-8-11-14-12-9-10-13(2)15-16(3,4)5/h11,13H,6-10,12H2,1-5H3. The Hall–Kier alpha value is 0.237. The van der Waals surface area contributed by atoms with Gasteiger partial charge < -0.3 is 0 Å². The summed E-state index contributed by atoms with van der Waals surface area (Å²) in [5.74, 6) is 0. The van der Waals surface area contributed by atoms with Crippen molar-refractivity contribution < 1.29 is 0 Å². The lowest BCUT2D eigenvalue weighted by Gasteiger charge is -2.20. The third-order valence-electron chi connectivity index (χ3n) is 2.27. The second-order valence-corrected chi connectivity index (χ2v) is 15.1. The van der Waals surface area contributed by atoms with Gasteiger partial charge >= 0.3 is 0 Å². The van der Waals surface area contributed by atoms with Gasteiger partial charge in [-0.25, -0.2) is 0 Å². The van der Waals surface area contributed by atoms with Gasteiger partial charge in [0.2, 0.25) is 0 Å². The Kier molecular flexibility index (Phi) is 9.42. The highest BCUT2D eigenvalue weighted by molar-refractivity contribution is 8.29. The molecule has 0 aromatic rings. The minimum absolute atomic E-state index is 0.817. The van der Waals surface area contributed by atoms with Crippen LogP contribution < -0.4 is 0 Å². The monoisotopic (exact) mass is 259 g/mol. The molecule has 0 rings (SSSR count). The molecule has 0 aromatic carbocycles. The fourth-order valence-corrected chi connectivity index (χ4v) is 7.08. The lowest BCUT2D eigenvalue weighted by atomic mass is 10.2. The van der Waals surface area contributed by atoms with Crippen molar-refractivity contribution in [2.24, 2.45) is 4.99 Å². The Bertz CT molecular complexity index is 187. The molecular weight excluding hydrogens is 230 g/mol. The lowest BCUT2D eigenvalue weighted by molar-refractivity contribution is 0.740. The maximum atomic E-state index is 4.45. The Morgan fingerprint density at radius 2 is 1.94 bits per heavy atom. The molecule has 16 heavy (non-hydrogen) atoms. The molecule has 1 unspecified atom stereocenters. The molecule has 3 heteroatoms. The zero-order valence-corrected chi connectivity index (χ0v) is 13.6. The predicted molar refractivity (Wildman–Crippen MR) is 82.5 cm³/mol. The van der Waals surface area contributed by atoms with Crippen LogP contribution in [0.25, 0.3) is 0 Å². The summed E-state index contributed by atoms with van der Waals surface area (Å²) in [6.07, 6.45) is 8.40. The molecule has 0 spiro atoms. The summed E-state index contributed by atoms with van der Waals surface area (Å²) in [6.45, 7) is 12.9. The largest absolute Gasteiger partial charge is 0.298 e. The van der Waals surface area contributed by atoms with Crippen LogP contribution in [0.1, 0.15) is 46.0 Å². The number of hydrogen-bond donors (Lipinski definition) is 0. The summed E-state index contributed by atoms with van der Waals surface area (Å²) in [5.41, 5.74) is 0. The van der Waals surface area contributed by atoms with E-state index < -0.39 is 7.22 Å². The van der Waals surface area contributed by atoms with E-state index in [1.54, 1.807) is 0 Å². The van der Waals surface area contributed by atoms with E-state index in [0.717, 1.165) is 18.2 Å². The zero-order valence-electron chi connectivity index (χ0n) is 11.8. The molecule has 1 nitrogen and oxygen atoms in total. The summed E-state index contributed by atoms with van der Waals surface area (Å²) in [5, 5.41) is 0.817. The molecule has 0 heterocycles. The highest BCUT2D eigenvalue weighted by Gasteiger charge is 2.17.